The van der Waals surface area contributed by atoms with Crippen molar-refractivity contribution in [1.82, 2.24) is 18.9 Å². The molecule has 0 N–H and O–H groups in total. The highest BCUT2D eigenvalue weighted by Crippen LogP contribution is 2.27. The first-order valence-corrected chi connectivity index (χ1v) is 11.4. The van der Waals surface area contributed by atoms with Gasteiger partial charge in [0, 0.05) is 81.6 Å². The minimum Gasteiger partial charge on any atom is -0.496 e. The number of nitrogens with zero attached hydrogens (tertiary/aromatic N) is 4. The standard InChI is InChI=1S/C25H30N4O3/c1-26-16-18(19-7-3-4-8-20(19)26)17-27-12-9-21-24(25(31)28-10-5-6-11-28)22(32-2)15-23(30)29(21)14-13-27/h3-4,7-8,15-16H,5-6,9-14,17H2,1-2H3. The summed E-state index contributed by atoms with van der Waals surface area (Å²) < 4.78 is 9.46. The second kappa shape index (κ2) is 8.47. The molecule has 3 aromatic rings. The van der Waals surface area contributed by atoms with E-state index in [1.165, 1.54) is 29.6 Å². The van der Waals surface area contributed by atoms with E-state index in [1.54, 1.807) is 4.57 Å². The molecule has 0 radical (unpaired) electrons. The van der Waals surface area contributed by atoms with Gasteiger partial charge in [-0.25, -0.2) is 0 Å². The molecule has 0 atom stereocenters. The van der Waals surface area contributed by atoms with Gasteiger partial charge < -0.3 is 18.8 Å². The van der Waals surface area contributed by atoms with Crippen LogP contribution < -0.4 is 10.3 Å². The Labute approximate surface area is 187 Å². The van der Waals surface area contributed by atoms with Crippen LogP contribution in [0.25, 0.3) is 10.9 Å². The number of benzene rings is 1. The van der Waals surface area contributed by atoms with Crippen molar-refractivity contribution in [2.24, 2.45) is 7.05 Å². The lowest BCUT2D eigenvalue weighted by atomic mass is 10.1. The molecule has 2 aliphatic rings. The summed E-state index contributed by atoms with van der Waals surface area (Å²) in [5, 5.41) is 1.26. The number of amides is 1. The predicted octanol–water partition coefficient (Wildman–Crippen LogP) is 2.64. The maximum Gasteiger partial charge on any atom is 0.259 e. The van der Waals surface area contributed by atoms with Crippen molar-refractivity contribution in [3.8, 4) is 5.75 Å². The number of aromatic nitrogens is 2. The summed E-state index contributed by atoms with van der Waals surface area (Å²) in [6.45, 7) is 4.48. The molecule has 1 fully saturated rings. The van der Waals surface area contributed by atoms with Gasteiger partial charge in [0.25, 0.3) is 11.5 Å². The minimum absolute atomic E-state index is 0.00870. The van der Waals surface area contributed by atoms with Crippen molar-refractivity contribution in [3.63, 3.8) is 0 Å². The first-order valence-electron chi connectivity index (χ1n) is 11.4. The summed E-state index contributed by atoms with van der Waals surface area (Å²) in [5.41, 5.74) is 3.79. The van der Waals surface area contributed by atoms with Gasteiger partial charge in [0.05, 0.1) is 7.11 Å². The number of hydrogen-bond donors (Lipinski definition) is 0. The van der Waals surface area contributed by atoms with Crippen molar-refractivity contribution < 1.29 is 9.53 Å². The van der Waals surface area contributed by atoms with E-state index in [2.05, 4.69) is 47.0 Å². The zero-order chi connectivity index (χ0) is 22.2. The van der Waals surface area contributed by atoms with Gasteiger partial charge >= 0.3 is 0 Å². The van der Waals surface area contributed by atoms with Crippen molar-refractivity contribution in [2.75, 3.05) is 33.3 Å². The zero-order valence-corrected chi connectivity index (χ0v) is 18.8. The Morgan fingerprint density at radius 1 is 1.06 bits per heavy atom. The number of carbonyl (C=O) groups is 1. The van der Waals surface area contributed by atoms with E-state index in [9.17, 15) is 9.59 Å². The second-order valence-corrected chi connectivity index (χ2v) is 8.83. The normalized spacial score (nSPS) is 16.9. The smallest absolute Gasteiger partial charge is 0.259 e. The molecule has 1 aromatic carbocycles. The number of carbonyl (C=O) groups excluding carboxylic acids is 1. The molecule has 4 heterocycles. The van der Waals surface area contributed by atoms with Crippen LogP contribution in [0.1, 0.15) is 34.5 Å². The molecule has 0 unspecified atom stereocenters. The van der Waals surface area contributed by atoms with Gasteiger partial charge in [-0.1, -0.05) is 18.2 Å². The van der Waals surface area contributed by atoms with Gasteiger partial charge in [0.1, 0.15) is 11.3 Å². The SMILES string of the molecule is COc1cc(=O)n2c(c1C(=O)N1CCCC1)CCN(Cc1cn(C)c3ccccc13)CC2. The van der Waals surface area contributed by atoms with Crippen LogP contribution >= 0.6 is 0 Å². The van der Waals surface area contributed by atoms with Crippen LogP contribution in [-0.4, -0.2) is 58.1 Å². The highest BCUT2D eigenvalue weighted by Gasteiger charge is 2.29. The maximum absolute atomic E-state index is 13.4. The number of fused-ring (bicyclic) bond motifs is 2. The van der Waals surface area contributed by atoms with Crippen LogP contribution in [0.3, 0.4) is 0 Å². The monoisotopic (exact) mass is 434 g/mol. The van der Waals surface area contributed by atoms with E-state index in [0.717, 1.165) is 51.3 Å². The summed E-state index contributed by atoms with van der Waals surface area (Å²) in [5.74, 6) is 0.395. The molecule has 2 aromatic heterocycles. The Kier molecular flexibility index (Phi) is 5.51. The third-order valence-electron chi connectivity index (χ3n) is 6.89. The highest BCUT2D eigenvalue weighted by atomic mass is 16.5. The molecule has 32 heavy (non-hydrogen) atoms. The van der Waals surface area contributed by atoms with Crippen LogP contribution in [-0.2, 0) is 26.6 Å². The van der Waals surface area contributed by atoms with Crippen molar-refractivity contribution >= 4 is 16.8 Å². The summed E-state index contributed by atoms with van der Waals surface area (Å²) in [7, 11) is 3.61. The third kappa shape index (κ3) is 3.60. The van der Waals surface area contributed by atoms with E-state index < -0.39 is 0 Å². The molecule has 1 saturated heterocycles. The van der Waals surface area contributed by atoms with Gasteiger partial charge in [-0.05, 0) is 24.5 Å². The fourth-order valence-electron chi connectivity index (χ4n) is 5.21. The maximum atomic E-state index is 13.4. The third-order valence-corrected chi connectivity index (χ3v) is 6.89. The molecular formula is C25H30N4O3. The minimum atomic E-state index is -0.0955. The van der Waals surface area contributed by atoms with Crippen LogP contribution in [0.5, 0.6) is 5.75 Å². The molecule has 1 amide bonds. The molecule has 2 aliphatic heterocycles. The van der Waals surface area contributed by atoms with Gasteiger partial charge in [0.2, 0.25) is 0 Å². The van der Waals surface area contributed by atoms with Crippen LogP contribution in [0.15, 0.2) is 41.3 Å². The van der Waals surface area contributed by atoms with Crippen molar-refractivity contribution in [3.05, 3.63) is 63.7 Å². The molecular weight excluding hydrogens is 404 g/mol. The van der Waals surface area contributed by atoms with Crippen LogP contribution in [0, 0.1) is 0 Å². The summed E-state index contributed by atoms with van der Waals surface area (Å²) in [4.78, 5) is 30.5. The van der Waals surface area contributed by atoms with Gasteiger partial charge in [-0.3, -0.25) is 14.5 Å². The molecule has 0 saturated carbocycles. The molecule has 7 heteroatoms. The number of aryl methyl sites for hydroxylation is 1. The molecule has 7 nitrogen and oxygen atoms in total. The lowest BCUT2D eigenvalue weighted by molar-refractivity contribution is 0.0787. The number of para-hydroxylation sites is 1. The first-order chi connectivity index (χ1) is 15.6. The number of hydrogen-bond acceptors (Lipinski definition) is 4. The highest BCUT2D eigenvalue weighted by molar-refractivity contribution is 5.98. The number of rotatable bonds is 4. The molecule has 0 spiro atoms. The lowest BCUT2D eigenvalue weighted by Gasteiger charge is -2.21. The van der Waals surface area contributed by atoms with Crippen LogP contribution in [0.4, 0.5) is 0 Å². The summed E-state index contributed by atoms with van der Waals surface area (Å²) in [6, 6.07) is 9.92. The number of pyridine rings is 1. The van der Waals surface area contributed by atoms with Gasteiger partial charge in [-0.15, -0.1) is 0 Å². The van der Waals surface area contributed by atoms with E-state index >= 15 is 0 Å². The molecule has 5 rings (SSSR count). The average Bonchev–Trinajstić information content (AvgIpc) is 3.39. The number of methoxy groups -OCH3 is 1. The number of likely N-dealkylation sites (tertiary alicyclic amines) is 1. The van der Waals surface area contributed by atoms with E-state index in [-0.39, 0.29) is 11.5 Å². The van der Waals surface area contributed by atoms with Gasteiger partial charge in [-0.2, -0.15) is 0 Å². The quantitative estimate of drug-likeness (QED) is 0.634. The fraction of sp³-hybridized carbons (Fsp3) is 0.440. The Morgan fingerprint density at radius 3 is 2.62 bits per heavy atom. The van der Waals surface area contributed by atoms with E-state index in [1.807, 2.05) is 4.90 Å². The predicted molar refractivity (Wildman–Crippen MR) is 124 cm³/mol. The van der Waals surface area contributed by atoms with Gasteiger partial charge in [0.15, 0.2) is 0 Å². The van der Waals surface area contributed by atoms with E-state index in [4.69, 9.17) is 4.74 Å². The molecule has 168 valence electrons. The second-order valence-electron chi connectivity index (χ2n) is 8.83. The largest absolute Gasteiger partial charge is 0.496 e. The summed E-state index contributed by atoms with van der Waals surface area (Å²) in [6.07, 6.45) is 4.90. The Balaban J connectivity index is 1.45. The van der Waals surface area contributed by atoms with E-state index in [0.29, 0.717) is 24.3 Å². The average molecular weight is 435 g/mol. The Bertz CT molecular complexity index is 1220. The first kappa shape index (κ1) is 20.8. The summed E-state index contributed by atoms with van der Waals surface area (Å²) >= 11 is 0. The van der Waals surface area contributed by atoms with Crippen molar-refractivity contribution in [2.45, 2.75) is 32.4 Å². The molecule has 0 bridgehead atoms. The van der Waals surface area contributed by atoms with Crippen LogP contribution in [0.2, 0.25) is 0 Å². The Morgan fingerprint density at radius 2 is 1.84 bits per heavy atom. The number of ether oxygens (including phenoxy) is 1. The zero-order valence-electron chi connectivity index (χ0n) is 18.8. The molecule has 0 aliphatic carbocycles. The topological polar surface area (TPSA) is 59.7 Å². The Hall–Kier alpha value is -3.06. The fourth-order valence-corrected chi connectivity index (χ4v) is 5.21. The van der Waals surface area contributed by atoms with Crippen molar-refractivity contribution in [1.29, 1.82) is 0 Å². The lowest BCUT2D eigenvalue weighted by Crippen LogP contribution is -2.33.